The fraction of sp³-hybridized carbons (Fsp3) is 0.667. The monoisotopic (exact) mass is 223 g/mol. The van der Waals surface area contributed by atoms with E-state index in [1.807, 2.05) is 13.0 Å². The van der Waals surface area contributed by atoms with Crippen LogP contribution < -0.4 is 5.73 Å². The molecular formula is C12H21N3O. The molecule has 2 N–H and O–H groups in total. The Hall–Kier alpha value is -1.16. The van der Waals surface area contributed by atoms with Gasteiger partial charge < -0.3 is 10.2 Å². The van der Waals surface area contributed by atoms with Crippen LogP contribution in [0.3, 0.4) is 0 Å². The minimum atomic E-state index is 0.571. The van der Waals surface area contributed by atoms with Crippen molar-refractivity contribution in [3.05, 3.63) is 24.4 Å². The highest BCUT2D eigenvalue weighted by molar-refractivity contribution is 4.83. The maximum atomic E-state index is 5.53. The van der Waals surface area contributed by atoms with Crippen LogP contribution in [0.25, 0.3) is 0 Å². The Morgan fingerprint density at radius 2 is 2.25 bits per heavy atom. The summed E-state index contributed by atoms with van der Waals surface area (Å²) >= 11 is 0. The number of nitrogens with zero attached hydrogens (tertiary/aromatic N) is 2. The standard InChI is InChI=1S/C12H21N3O/c1-3-4-6-11(7-5-8-13)9-12-15-14-10(2)16-12/h3,11H,1,4-9,13H2,2H3. The summed E-state index contributed by atoms with van der Waals surface area (Å²) in [5.74, 6) is 1.95. The Morgan fingerprint density at radius 1 is 1.44 bits per heavy atom. The van der Waals surface area contributed by atoms with Crippen LogP contribution in [-0.4, -0.2) is 16.7 Å². The van der Waals surface area contributed by atoms with Crippen LogP contribution in [0, 0.1) is 12.8 Å². The second-order valence-corrected chi connectivity index (χ2v) is 4.08. The fourth-order valence-corrected chi connectivity index (χ4v) is 1.78. The summed E-state index contributed by atoms with van der Waals surface area (Å²) in [5.41, 5.74) is 5.53. The molecule has 0 amide bonds. The molecule has 1 atom stereocenters. The van der Waals surface area contributed by atoms with Crippen LogP contribution in [0.2, 0.25) is 0 Å². The van der Waals surface area contributed by atoms with Crippen LogP contribution in [0.15, 0.2) is 17.1 Å². The molecule has 16 heavy (non-hydrogen) atoms. The lowest BCUT2D eigenvalue weighted by molar-refractivity contribution is 0.378. The normalized spacial score (nSPS) is 12.6. The molecule has 1 aromatic heterocycles. The van der Waals surface area contributed by atoms with E-state index in [1.165, 1.54) is 0 Å². The van der Waals surface area contributed by atoms with Gasteiger partial charge in [0.05, 0.1) is 0 Å². The van der Waals surface area contributed by atoms with E-state index >= 15 is 0 Å². The molecule has 0 aliphatic heterocycles. The molecule has 0 bridgehead atoms. The van der Waals surface area contributed by atoms with E-state index in [0.29, 0.717) is 11.8 Å². The number of hydrogen-bond donors (Lipinski definition) is 1. The topological polar surface area (TPSA) is 64.9 Å². The third-order valence-corrected chi connectivity index (χ3v) is 2.63. The molecule has 0 radical (unpaired) electrons. The number of nitrogens with two attached hydrogens (primary N) is 1. The zero-order valence-electron chi connectivity index (χ0n) is 9.98. The van der Waals surface area contributed by atoms with E-state index < -0.39 is 0 Å². The van der Waals surface area contributed by atoms with Gasteiger partial charge in [-0.3, -0.25) is 0 Å². The van der Waals surface area contributed by atoms with E-state index in [0.717, 1.165) is 44.5 Å². The van der Waals surface area contributed by atoms with Crippen molar-refractivity contribution in [1.82, 2.24) is 10.2 Å². The Kier molecular flexibility index (Phi) is 5.78. The van der Waals surface area contributed by atoms with Gasteiger partial charge in [-0.05, 0) is 38.1 Å². The highest BCUT2D eigenvalue weighted by Crippen LogP contribution is 2.18. The number of hydrogen-bond acceptors (Lipinski definition) is 4. The van der Waals surface area contributed by atoms with Crippen molar-refractivity contribution in [2.75, 3.05) is 6.54 Å². The molecule has 4 nitrogen and oxygen atoms in total. The van der Waals surface area contributed by atoms with Gasteiger partial charge in [-0.1, -0.05) is 6.08 Å². The largest absolute Gasteiger partial charge is 0.426 e. The molecule has 0 aliphatic carbocycles. The third-order valence-electron chi connectivity index (χ3n) is 2.63. The second kappa shape index (κ2) is 7.17. The lowest BCUT2D eigenvalue weighted by Crippen LogP contribution is -2.08. The summed E-state index contributed by atoms with van der Waals surface area (Å²) in [6.07, 6.45) is 7.12. The molecule has 0 spiro atoms. The zero-order chi connectivity index (χ0) is 11.8. The Balaban J connectivity index is 2.44. The van der Waals surface area contributed by atoms with Crippen LogP contribution in [-0.2, 0) is 6.42 Å². The van der Waals surface area contributed by atoms with E-state index in [9.17, 15) is 0 Å². The molecule has 0 saturated heterocycles. The number of aromatic nitrogens is 2. The summed E-state index contributed by atoms with van der Waals surface area (Å²) in [6, 6.07) is 0. The summed E-state index contributed by atoms with van der Waals surface area (Å²) < 4.78 is 5.39. The molecular weight excluding hydrogens is 202 g/mol. The van der Waals surface area contributed by atoms with Crippen molar-refractivity contribution in [2.45, 2.75) is 39.0 Å². The molecule has 4 heteroatoms. The number of allylic oxidation sites excluding steroid dienone is 1. The van der Waals surface area contributed by atoms with Gasteiger partial charge in [0.1, 0.15) is 0 Å². The maximum Gasteiger partial charge on any atom is 0.216 e. The average Bonchev–Trinajstić information content (AvgIpc) is 2.68. The van der Waals surface area contributed by atoms with Crippen LogP contribution in [0.1, 0.15) is 37.5 Å². The van der Waals surface area contributed by atoms with Gasteiger partial charge in [-0.25, -0.2) is 0 Å². The van der Waals surface area contributed by atoms with Crippen molar-refractivity contribution in [2.24, 2.45) is 11.7 Å². The lowest BCUT2D eigenvalue weighted by atomic mass is 9.94. The molecule has 0 fully saturated rings. The predicted molar refractivity (Wildman–Crippen MR) is 63.9 cm³/mol. The molecule has 0 aliphatic rings. The maximum absolute atomic E-state index is 5.53. The Bertz CT molecular complexity index is 309. The number of rotatable bonds is 8. The zero-order valence-corrected chi connectivity index (χ0v) is 9.98. The van der Waals surface area contributed by atoms with Crippen LogP contribution in [0.5, 0.6) is 0 Å². The Labute approximate surface area is 96.9 Å². The van der Waals surface area contributed by atoms with Gasteiger partial charge >= 0.3 is 0 Å². The lowest BCUT2D eigenvalue weighted by Gasteiger charge is -2.12. The molecule has 90 valence electrons. The van der Waals surface area contributed by atoms with E-state index in [4.69, 9.17) is 10.2 Å². The fourth-order valence-electron chi connectivity index (χ4n) is 1.78. The third kappa shape index (κ3) is 4.57. The highest BCUT2D eigenvalue weighted by Gasteiger charge is 2.12. The first-order valence-corrected chi connectivity index (χ1v) is 5.86. The van der Waals surface area contributed by atoms with Gasteiger partial charge in [-0.15, -0.1) is 16.8 Å². The van der Waals surface area contributed by atoms with Crippen LogP contribution >= 0.6 is 0 Å². The smallest absolute Gasteiger partial charge is 0.216 e. The van der Waals surface area contributed by atoms with Crippen molar-refractivity contribution < 1.29 is 4.42 Å². The first-order chi connectivity index (χ1) is 7.76. The minimum absolute atomic E-state index is 0.571. The van der Waals surface area contributed by atoms with Gasteiger partial charge in [0.2, 0.25) is 11.8 Å². The molecule has 1 aromatic rings. The van der Waals surface area contributed by atoms with E-state index in [2.05, 4.69) is 16.8 Å². The summed E-state index contributed by atoms with van der Waals surface area (Å²) in [4.78, 5) is 0. The predicted octanol–water partition coefficient (Wildman–Crippen LogP) is 2.24. The van der Waals surface area contributed by atoms with Crippen molar-refractivity contribution >= 4 is 0 Å². The van der Waals surface area contributed by atoms with Gasteiger partial charge in [-0.2, -0.15) is 0 Å². The molecule has 1 rings (SSSR count). The molecule has 1 heterocycles. The van der Waals surface area contributed by atoms with Crippen molar-refractivity contribution in [1.29, 1.82) is 0 Å². The first-order valence-electron chi connectivity index (χ1n) is 5.86. The second-order valence-electron chi connectivity index (χ2n) is 4.08. The Morgan fingerprint density at radius 3 is 2.81 bits per heavy atom. The van der Waals surface area contributed by atoms with Gasteiger partial charge in [0.25, 0.3) is 0 Å². The summed E-state index contributed by atoms with van der Waals surface area (Å²) in [5, 5.41) is 7.87. The summed E-state index contributed by atoms with van der Waals surface area (Å²) in [6.45, 7) is 6.31. The quantitative estimate of drug-likeness (QED) is 0.686. The SMILES string of the molecule is C=CCCC(CCCN)Cc1nnc(C)o1. The highest BCUT2D eigenvalue weighted by atomic mass is 16.4. The number of aryl methyl sites for hydroxylation is 1. The first kappa shape index (κ1) is 12.9. The van der Waals surface area contributed by atoms with Gasteiger partial charge in [0.15, 0.2) is 0 Å². The van der Waals surface area contributed by atoms with Crippen molar-refractivity contribution in [3.8, 4) is 0 Å². The minimum Gasteiger partial charge on any atom is -0.426 e. The average molecular weight is 223 g/mol. The van der Waals surface area contributed by atoms with Crippen LogP contribution in [0.4, 0.5) is 0 Å². The van der Waals surface area contributed by atoms with E-state index in [1.54, 1.807) is 0 Å². The summed E-state index contributed by atoms with van der Waals surface area (Å²) in [7, 11) is 0. The molecule has 0 aromatic carbocycles. The molecule has 0 saturated carbocycles. The molecule has 1 unspecified atom stereocenters. The van der Waals surface area contributed by atoms with E-state index in [-0.39, 0.29) is 0 Å². The van der Waals surface area contributed by atoms with Gasteiger partial charge in [0, 0.05) is 13.3 Å². The van der Waals surface area contributed by atoms with Crippen molar-refractivity contribution in [3.63, 3.8) is 0 Å².